The lowest BCUT2D eigenvalue weighted by Crippen LogP contribution is -2.47. The van der Waals surface area contributed by atoms with E-state index in [-0.39, 0.29) is 11.8 Å². The Morgan fingerprint density at radius 1 is 0.960 bits per heavy atom. The Morgan fingerprint density at radius 3 is 1.96 bits per heavy atom. The van der Waals surface area contributed by atoms with Gasteiger partial charge in [0.05, 0.1) is 0 Å². The number of rotatable bonds is 5. The normalized spacial score (nSPS) is 12.4. The van der Waals surface area contributed by atoms with Crippen molar-refractivity contribution >= 4 is 33.4 Å². The topological polar surface area (TPSA) is 72.2 Å². The van der Waals surface area contributed by atoms with E-state index in [4.69, 9.17) is 5.73 Å². The minimum atomic E-state index is -0.732. The summed E-state index contributed by atoms with van der Waals surface area (Å²) in [7, 11) is 0. The standard InChI is InChI=1S/C21H22N2O2/c1-13(2)21(25)23-19(20(22)24)12-18-16-9-5-3-7-14(16)11-15-8-4-6-10-17(15)18/h3-11,13,19H,12H2,1-2H3,(H2,22,24)(H,23,25)/t19-/m1/s1. The first-order valence-electron chi connectivity index (χ1n) is 8.46. The number of fused-ring (bicyclic) bond motifs is 2. The van der Waals surface area contributed by atoms with Gasteiger partial charge in [0.2, 0.25) is 11.8 Å². The molecule has 3 aromatic rings. The molecule has 0 spiro atoms. The zero-order chi connectivity index (χ0) is 18.0. The Bertz CT molecular complexity index is 893. The van der Waals surface area contributed by atoms with Crippen molar-refractivity contribution in [3.8, 4) is 0 Å². The summed E-state index contributed by atoms with van der Waals surface area (Å²) < 4.78 is 0. The monoisotopic (exact) mass is 334 g/mol. The first kappa shape index (κ1) is 17.0. The molecule has 0 unspecified atom stereocenters. The molecule has 3 rings (SSSR count). The second-order valence-corrected chi connectivity index (χ2v) is 6.62. The summed E-state index contributed by atoms with van der Waals surface area (Å²) in [5.74, 6) is -0.898. The van der Waals surface area contributed by atoms with Crippen LogP contribution in [-0.4, -0.2) is 17.9 Å². The molecule has 0 aromatic heterocycles. The fourth-order valence-electron chi connectivity index (χ4n) is 3.09. The number of carbonyl (C=O) groups is 2. The van der Waals surface area contributed by atoms with Crippen LogP contribution >= 0.6 is 0 Å². The SMILES string of the molecule is CC(C)C(=O)N[C@H](Cc1c2ccccc2cc2ccccc12)C(N)=O. The zero-order valence-electron chi connectivity index (χ0n) is 14.5. The van der Waals surface area contributed by atoms with Crippen LogP contribution in [0, 0.1) is 5.92 Å². The molecule has 25 heavy (non-hydrogen) atoms. The quantitative estimate of drug-likeness (QED) is 0.704. The molecule has 0 heterocycles. The molecule has 3 N–H and O–H groups in total. The Morgan fingerprint density at radius 2 is 1.48 bits per heavy atom. The van der Waals surface area contributed by atoms with Crippen LogP contribution in [0.2, 0.25) is 0 Å². The van der Waals surface area contributed by atoms with Crippen molar-refractivity contribution in [3.05, 3.63) is 60.2 Å². The van der Waals surface area contributed by atoms with E-state index in [0.29, 0.717) is 6.42 Å². The maximum atomic E-state index is 12.1. The van der Waals surface area contributed by atoms with E-state index in [9.17, 15) is 9.59 Å². The third-order valence-electron chi connectivity index (χ3n) is 4.48. The van der Waals surface area contributed by atoms with Gasteiger partial charge < -0.3 is 11.1 Å². The number of nitrogens with one attached hydrogen (secondary N) is 1. The van der Waals surface area contributed by atoms with Gasteiger partial charge in [0.25, 0.3) is 0 Å². The Hall–Kier alpha value is -2.88. The predicted molar refractivity (Wildman–Crippen MR) is 101 cm³/mol. The number of amides is 2. The van der Waals surface area contributed by atoms with Crippen LogP contribution in [0.1, 0.15) is 19.4 Å². The van der Waals surface area contributed by atoms with E-state index in [1.54, 1.807) is 13.8 Å². The third kappa shape index (κ3) is 3.48. The van der Waals surface area contributed by atoms with Gasteiger partial charge in [-0.1, -0.05) is 62.4 Å². The molecule has 0 bridgehead atoms. The lowest BCUT2D eigenvalue weighted by atomic mass is 9.92. The molecule has 1 atom stereocenters. The molecule has 0 radical (unpaired) electrons. The maximum absolute atomic E-state index is 12.1. The molecule has 4 nitrogen and oxygen atoms in total. The second-order valence-electron chi connectivity index (χ2n) is 6.62. The van der Waals surface area contributed by atoms with Crippen LogP contribution in [0.15, 0.2) is 54.6 Å². The smallest absolute Gasteiger partial charge is 0.240 e. The van der Waals surface area contributed by atoms with E-state index >= 15 is 0 Å². The first-order chi connectivity index (χ1) is 12.0. The van der Waals surface area contributed by atoms with Crippen molar-refractivity contribution < 1.29 is 9.59 Å². The van der Waals surface area contributed by atoms with Crippen molar-refractivity contribution in [2.45, 2.75) is 26.3 Å². The minimum Gasteiger partial charge on any atom is -0.368 e. The average molecular weight is 334 g/mol. The molecule has 3 aromatic carbocycles. The second kappa shape index (κ2) is 6.93. The summed E-state index contributed by atoms with van der Waals surface area (Å²) in [5, 5.41) is 7.14. The highest BCUT2D eigenvalue weighted by atomic mass is 16.2. The van der Waals surface area contributed by atoms with Gasteiger partial charge >= 0.3 is 0 Å². The molecule has 0 saturated carbocycles. The number of carbonyl (C=O) groups excluding carboxylic acids is 2. The molecular weight excluding hydrogens is 312 g/mol. The molecule has 0 aliphatic carbocycles. The van der Waals surface area contributed by atoms with E-state index in [2.05, 4.69) is 23.5 Å². The Balaban J connectivity index is 2.11. The van der Waals surface area contributed by atoms with Gasteiger partial charge in [-0.05, 0) is 33.2 Å². The summed E-state index contributed by atoms with van der Waals surface area (Å²) in [6, 6.07) is 17.5. The summed E-state index contributed by atoms with van der Waals surface area (Å²) in [5.41, 5.74) is 6.60. The van der Waals surface area contributed by atoms with Gasteiger partial charge in [-0.2, -0.15) is 0 Å². The third-order valence-corrected chi connectivity index (χ3v) is 4.48. The number of hydrogen-bond donors (Lipinski definition) is 2. The molecule has 0 saturated heterocycles. The summed E-state index contributed by atoms with van der Waals surface area (Å²) in [4.78, 5) is 24.0. The van der Waals surface area contributed by atoms with Crippen LogP contribution in [-0.2, 0) is 16.0 Å². The van der Waals surface area contributed by atoms with Crippen LogP contribution in [0.25, 0.3) is 21.5 Å². The van der Waals surface area contributed by atoms with Crippen LogP contribution < -0.4 is 11.1 Å². The maximum Gasteiger partial charge on any atom is 0.240 e. The highest BCUT2D eigenvalue weighted by Gasteiger charge is 2.22. The lowest BCUT2D eigenvalue weighted by molar-refractivity contribution is -0.129. The average Bonchev–Trinajstić information content (AvgIpc) is 2.60. The fraction of sp³-hybridized carbons (Fsp3) is 0.238. The lowest BCUT2D eigenvalue weighted by Gasteiger charge is -2.19. The van der Waals surface area contributed by atoms with Gasteiger partial charge in [0, 0.05) is 12.3 Å². The number of nitrogens with two attached hydrogens (primary N) is 1. The molecule has 0 aliphatic rings. The number of hydrogen-bond acceptors (Lipinski definition) is 2. The molecule has 0 aliphatic heterocycles. The van der Waals surface area contributed by atoms with Gasteiger partial charge in [-0.3, -0.25) is 9.59 Å². The van der Waals surface area contributed by atoms with E-state index in [0.717, 1.165) is 27.1 Å². The van der Waals surface area contributed by atoms with Crippen LogP contribution in [0.3, 0.4) is 0 Å². The van der Waals surface area contributed by atoms with Crippen molar-refractivity contribution in [1.82, 2.24) is 5.32 Å². The van der Waals surface area contributed by atoms with E-state index < -0.39 is 11.9 Å². The van der Waals surface area contributed by atoms with Crippen LogP contribution in [0.5, 0.6) is 0 Å². The van der Waals surface area contributed by atoms with Crippen molar-refractivity contribution in [1.29, 1.82) is 0 Å². The predicted octanol–water partition coefficient (Wildman–Crippen LogP) is 3.16. The molecule has 0 fully saturated rings. The molecule has 2 amide bonds. The van der Waals surface area contributed by atoms with Gasteiger partial charge in [0.15, 0.2) is 0 Å². The van der Waals surface area contributed by atoms with Crippen molar-refractivity contribution in [2.75, 3.05) is 0 Å². The summed E-state index contributed by atoms with van der Waals surface area (Å²) >= 11 is 0. The van der Waals surface area contributed by atoms with E-state index in [1.807, 2.05) is 36.4 Å². The number of primary amides is 1. The fourth-order valence-corrected chi connectivity index (χ4v) is 3.09. The highest BCUT2D eigenvalue weighted by Crippen LogP contribution is 2.29. The molecule has 4 heteroatoms. The number of benzene rings is 3. The summed E-state index contributed by atoms with van der Waals surface area (Å²) in [6.07, 6.45) is 0.371. The zero-order valence-corrected chi connectivity index (χ0v) is 14.5. The highest BCUT2D eigenvalue weighted by molar-refractivity contribution is 6.03. The minimum absolute atomic E-state index is 0.173. The summed E-state index contributed by atoms with van der Waals surface area (Å²) in [6.45, 7) is 3.58. The van der Waals surface area contributed by atoms with Gasteiger partial charge in [-0.15, -0.1) is 0 Å². The largest absolute Gasteiger partial charge is 0.368 e. The van der Waals surface area contributed by atoms with E-state index in [1.165, 1.54) is 0 Å². The Kier molecular flexibility index (Phi) is 4.70. The first-order valence-corrected chi connectivity index (χ1v) is 8.46. The molecular formula is C21H22N2O2. The van der Waals surface area contributed by atoms with Gasteiger partial charge in [-0.25, -0.2) is 0 Å². The molecule has 128 valence electrons. The Labute approximate surface area is 147 Å². The van der Waals surface area contributed by atoms with Crippen molar-refractivity contribution in [2.24, 2.45) is 11.7 Å². The van der Waals surface area contributed by atoms with Crippen LogP contribution in [0.4, 0.5) is 0 Å². The van der Waals surface area contributed by atoms with Gasteiger partial charge in [0.1, 0.15) is 6.04 Å². The van der Waals surface area contributed by atoms with Crippen molar-refractivity contribution in [3.63, 3.8) is 0 Å².